The summed E-state index contributed by atoms with van der Waals surface area (Å²) < 4.78 is 11.0. The summed E-state index contributed by atoms with van der Waals surface area (Å²) in [6.07, 6.45) is 15.1. The van der Waals surface area contributed by atoms with Crippen LogP contribution in [-0.4, -0.2) is 140 Å². The Labute approximate surface area is 312 Å². The molecule has 0 heterocycles. The highest BCUT2D eigenvalue weighted by atomic mass is 32.2. The second-order valence-electron chi connectivity index (χ2n) is 11.6. The van der Waals surface area contributed by atoms with Crippen molar-refractivity contribution in [2.45, 2.75) is 112 Å². The minimum atomic E-state index is -0.153. The van der Waals surface area contributed by atoms with Gasteiger partial charge in [0.15, 0.2) is 0 Å². The van der Waals surface area contributed by atoms with Gasteiger partial charge in [-0.1, -0.05) is 57.8 Å². The van der Waals surface area contributed by atoms with Crippen LogP contribution in [0.25, 0.3) is 0 Å². The number of aliphatic hydroxyl groups excluding tert-OH is 5. The van der Waals surface area contributed by atoms with Crippen molar-refractivity contribution in [2.24, 2.45) is 0 Å². The summed E-state index contributed by atoms with van der Waals surface area (Å²) in [5.41, 5.74) is 0. The molecular weight excluding hydrogens is 713 g/mol. The maximum Gasteiger partial charge on any atom is 0.305 e. The van der Waals surface area contributed by atoms with Gasteiger partial charge in [-0.15, -0.1) is 0 Å². The molecule has 0 spiro atoms. The van der Waals surface area contributed by atoms with E-state index in [-0.39, 0.29) is 55.5 Å². The molecule has 0 bridgehead atoms. The number of rotatable bonds is 38. The Morgan fingerprint density at radius 3 is 1.15 bits per heavy atom. The molecule has 14 heteroatoms. The number of carbonyl (C=O) groups excluding carboxylic acids is 2. The van der Waals surface area contributed by atoms with Gasteiger partial charge in [0.1, 0.15) is 13.2 Å². The summed E-state index contributed by atoms with van der Waals surface area (Å²) in [4.78, 5) is 24.3. The van der Waals surface area contributed by atoms with Crippen LogP contribution in [0.1, 0.15) is 96.3 Å². The van der Waals surface area contributed by atoms with Gasteiger partial charge in [0.25, 0.3) is 0 Å². The van der Waals surface area contributed by atoms with E-state index in [0.29, 0.717) is 54.3 Å². The van der Waals surface area contributed by atoms with Gasteiger partial charge < -0.3 is 35.0 Å². The van der Waals surface area contributed by atoms with Crippen molar-refractivity contribution in [1.29, 1.82) is 0 Å². The Hall–Kier alpha value is 0.490. The lowest BCUT2D eigenvalue weighted by Crippen LogP contribution is -2.19. The van der Waals surface area contributed by atoms with Gasteiger partial charge in [0, 0.05) is 68.9 Å². The first-order valence-electron chi connectivity index (χ1n) is 17.9. The monoisotopic (exact) mass is 778 g/mol. The van der Waals surface area contributed by atoms with Gasteiger partial charge in [-0.2, -0.15) is 58.8 Å². The molecule has 9 nitrogen and oxygen atoms in total. The molecule has 0 aliphatic rings. The molecule has 0 aromatic heterocycles. The van der Waals surface area contributed by atoms with E-state index in [2.05, 4.69) is 0 Å². The van der Waals surface area contributed by atoms with Crippen molar-refractivity contribution in [3.8, 4) is 0 Å². The fourth-order valence-corrected chi connectivity index (χ4v) is 9.82. The number of thioether (sulfide) groups is 5. The average Bonchev–Trinajstić information content (AvgIpc) is 3.09. The Bertz CT molecular complexity index is 712. The zero-order valence-electron chi connectivity index (χ0n) is 29.1. The predicted molar refractivity (Wildman–Crippen MR) is 210 cm³/mol. The number of esters is 2. The second-order valence-corrected chi connectivity index (χ2v) is 18.1. The second kappa shape index (κ2) is 38.7. The van der Waals surface area contributed by atoms with E-state index in [0.717, 1.165) is 68.6 Å². The van der Waals surface area contributed by atoms with Crippen molar-refractivity contribution in [3.05, 3.63) is 0 Å². The normalized spacial score (nSPS) is 13.4. The van der Waals surface area contributed by atoms with Crippen LogP contribution in [-0.2, 0) is 19.1 Å². The molecule has 0 aliphatic heterocycles. The van der Waals surface area contributed by atoms with Crippen molar-refractivity contribution >= 4 is 70.7 Å². The third kappa shape index (κ3) is 33.6. The summed E-state index contributed by atoms with van der Waals surface area (Å²) in [5, 5.41) is 46.3. The fourth-order valence-electron chi connectivity index (χ4n) is 4.85. The molecule has 0 rings (SSSR count). The van der Waals surface area contributed by atoms with Crippen LogP contribution < -0.4 is 0 Å². The van der Waals surface area contributed by atoms with Gasteiger partial charge >= 0.3 is 11.9 Å². The number of unbranched alkanes of at least 4 members (excludes halogenated alkanes) is 9. The number of hydrogen-bond donors (Lipinski definition) is 5. The van der Waals surface area contributed by atoms with Gasteiger partial charge in [-0.25, -0.2) is 0 Å². The standard InChI is InChI=1S/C34H66O9S5/c35-16-21-44-28-31(47-24-19-38)26-42-33(40)14-10-6-2-1-4-8-12-30(46-23-18-37)13-9-5-3-7-11-15-34(41)43-27-32(48-25-20-39)29-45-22-17-36/h30-32,35-39H,1-29H2. The van der Waals surface area contributed by atoms with Gasteiger partial charge in [0.2, 0.25) is 0 Å². The van der Waals surface area contributed by atoms with Crippen molar-refractivity contribution in [2.75, 3.05) is 86.5 Å². The maximum atomic E-state index is 12.2. The fraction of sp³-hybridized carbons (Fsp3) is 0.941. The lowest BCUT2D eigenvalue weighted by atomic mass is 10.0. The van der Waals surface area contributed by atoms with E-state index in [1.165, 1.54) is 32.1 Å². The average molecular weight is 779 g/mol. The van der Waals surface area contributed by atoms with Gasteiger partial charge in [-0.3, -0.25) is 9.59 Å². The van der Waals surface area contributed by atoms with E-state index in [1.54, 1.807) is 47.0 Å². The molecule has 0 amide bonds. The van der Waals surface area contributed by atoms with Crippen LogP contribution >= 0.6 is 58.8 Å². The summed E-state index contributed by atoms with van der Waals surface area (Å²) in [6, 6.07) is 0. The van der Waals surface area contributed by atoms with E-state index < -0.39 is 0 Å². The van der Waals surface area contributed by atoms with Crippen LogP contribution in [0, 0.1) is 0 Å². The number of carbonyl (C=O) groups is 2. The quantitative estimate of drug-likeness (QED) is 0.0387. The molecule has 0 aromatic carbocycles. The molecule has 3 unspecified atom stereocenters. The van der Waals surface area contributed by atoms with Crippen LogP contribution in [0.5, 0.6) is 0 Å². The minimum absolute atomic E-state index is 0.104. The van der Waals surface area contributed by atoms with E-state index in [4.69, 9.17) is 29.9 Å². The summed E-state index contributed by atoms with van der Waals surface area (Å²) in [6.45, 7) is 1.41. The first-order valence-corrected chi connectivity index (χ1v) is 23.3. The molecule has 286 valence electrons. The van der Waals surface area contributed by atoms with Crippen molar-refractivity contribution in [1.82, 2.24) is 0 Å². The van der Waals surface area contributed by atoms with Crippen molar-refractivity contribution in [3.63, 3.8) is 0 Å². The topological polar surface area (TPSA) is 154 Å². The summed E-state index contributed by atoms with van der Waals surface area (Å²) in [7, 11) is 0. The zero-order chi connectivity index (χ0) is 35.3. The van der Waals surface area contributed by atoms with E-state index in [9.17, 15) is 14.7 Å². The smallest absolute Gasteiger partial charge is 0.305 e. The van der Waals surface area contributed by atoms with Crippen LogP contribution in [0.2, 0.25) is 0 Å². The highest BCUT2D eigenvalue weighted by Gasteiger charge is 2.14. The SMILES string of the molecule is O=C(CCCCCCCCC(CCCCCCCC(=O)OCC(CSCCO)SCCO)SCCO)OCC(CSCCO)SCCO. The molecule has 0 radical (unpaired) electrons. The van der Waals surface area contributed by atoms with Crippen molar-refractivity contribution < 1.29 is 44.6 Å². The number of ether oxygens (including phenoxy) is 2. The van der Waals surface area contributed by atoms with Crippen LogP contribution in [0.3, 0.4) is 0 Å². The molecule has 0 fully saturated rings. The molecule has 0 saturated carbocycles. The number of hydrogen-bond acceptors (Lipinski definition) is 14. The molecule has 5 N–H and O–H groups in total. The van der Waals surface area contributed by atoms with Gasteiger partial charge in [-0.05, 0) is 25.7 Å². The third-order valence-electron chi connectivity index (χ3n) is 7.34. The highest BCUT2D eigenvalue weighted by Crippen LogP contribution is 2.25. The summed E-state index contributed by atoms with van der Waals surface area (Å²) >= 11 is 8.36. The van der Waals surface area contributed by atoms with Crippen LogP contribution in [0.15, 0.2) is 0 Å². The highest BCUT2D eigenvalue weighted by molar-refractivity contribution is 8.03. The van der Waals surface area contributed by atoms with Crippen LogP contribution in [0.4, 0.5) is 0 Å². The molecule has 0 aliphatic carbocycles. The van der Waals surface area contributed by atoms with E-state index >= 15 is 0 Å². The van der Waals surface area contributed by atoms with E-state index in [1.807, 2.05) is 11.8 Å². The lowest BCUT2D eigenvalue weighted by Gasteiger charge is -2.16. The Kier molecular flexibility index (Phi) is 39.1. The summed E-state index contributed by atoms with van der Waals surface area (Å²) in [5.74, 6) is 4.62. The largest absolute Gasteiger partial charge is 0.464 e. The Balaban J connectivity index is 3.95. The minimum Gasteiger partial charge on any atom is -0.464 e. The third-order valence-corrected chi connectivity index (χ3v) is 13.7. The zero-order valence-corrected chi connectivity index (χ0v) is 33.2. The predicted octanol–water partition coefficient (Wildman–Crippen LogP) is 5.66. The molecule has 0 aromatic rings. The Morgan fingerprint density at radius 2 is 0.771 bits per heavy atom. The molecule has 0 saturated heterocycles. The molecular formula is C34H66O9S5. The first-order chi connectivity index (χ1) is 23.5. The maximum absolute atomic E-state index is 12.2. The Morgan fingerprint density at radius 1 is 0.438 bits per heavy atom. The molecule has 3 atom stereocenters. The van der Waals surface area contributed by atoms with Gasteiger partial charge in [0.05, 0.1) is 33.0 Å². The molecule has 48 heavy (non-hydrogen) atoms. The number of aliphatic hydroxyl groups is 5. The first kappa shape index (κ1) is 48.5. The lowest BCUT2D eigenvalue weighted by molar-refractivity contribution is -0.144.